The Morgan fingerprint density at radius 1 is 1.67 bits per heavy atom. The van der Waals surface area contributed by atoms with Crippen LogP contribution in [0.2, 0.25) is 0 Å². The van der Waals surface area contributed by atoms with E-state index in [1.807, 2.05) is 11.8 Å². The standard InChI is InChI=1S/C12H20N2O/c1-4-7-10(5-2)14-9-8-11(12(14)15)13-6-3/h1,10-11,13H,5-9H2,2-3H3. The lowest BCUT2D eigenvalue weighted by Crippen LogP contribution is -2.42. The Kier molecular flexibility index (Phi) is 4.64. The summed E-state index contributed by atoms with van der Waals surface area (Å²) in [5, 5.41) is 3.20. The van der Waals surface area contributed by atoms with Crippen LogP contribution in [0, 0.1) is 12.3 Å². The molecule has 1 heterocycles. The van der Waals surface area contributed by atoms with Crippen molar-refractivity contribution in [3.8, 4) is 12.3 Å². The summed E-state index contributed by atoms with van der Waals surface area (Å²) in [6.07, 6.45) is 7.83. The molecule has 1 N–H and O–H groups in total. The smallest absolute Gasteiger partial charge is 0.240 e. The first kappa shape index (κ1) is 12.1. The zero-order valence-corrected chi connectivity index (χ0v) is 9.62. The number of hydrogen-bond acceptors (Lipinski definition) is 2. The summed E-state index contributed by atoms with van der Waals surface area (Å²) in [6, 6.07) is 0.244. The molecule has 3 nitrogen and oxygen atoms in total. The second-order valence-corrected chi connectivity index (χ2v) is 3.90. The van der Waals surface area contributed by atoms with Crippen molar-refractivity contribution in [2.24, 2.45) is 0 Å². The highest BCUT2D eigenvalue weighted by Gasteiger charge is 2.34. The fourth-order valence-corrected chi connectivity index (χ4v) is 2.11. The molecule has 0 aromatic carbocycles. The minimum absolute atomic E-state index is 0.0156. The molecule has 1 aliphatic rings. The molecule has 0 saturated carbocycles. The number of likely N-dealkylation sites (tertiary alicyclic amines) is 1. The molecule has 1 amide bonds. The largest absolute Gasteiger partial charge is 0.337 e. The molecule has 1 aliphatic heterocycles. The van der Waals surface area contributed by atoms with Crippen molar-refractivity contribution in [2.45, 2.75) is 45.2 Å². The predicted molar refractivity (Wildman–Crippen MR) is 61.3 cm³/mol. The van der Waals surface area contributed by atoms with E-state index in [0.717, 1.165) is 25.9 Å². The van der Waals surface area contributed by atoms with E-state index in [-0.39, 0.29) is 18.0 Å². The molecule has 84 valence electrons. The van der Waals surface area contributed by atoms with Crippen molar-refractivity contribution >= 4 is 5.91 Å². The van der Waals surface area contributed by atoms with E-state index >= 15 is 0 Å². The van der Waals surface area contributed by atoms with Gasteiger partial charge in [0, 0.05) is 19.0 Å². The van der Waals surface area contributed by atoms with Gasteiger partial charge in [-0.3, -0.25) is 4.79 Å². The van der Waals surface area contributed by atoms with Crippen molar-refractivity contribution in [1.82, 2.24) is 10.2 Å². The number of amides is 1. The van der Waals surface area contributed by atoms with Crippen LogP contribution in [0.3, 0.4) is 0 Å². The first-order chi connectivity index (χ1) is 7.24. The number of nitrogens with one attached hydrogen (secondary N) is 1. The van der Waals surface area contributed by atoms with E-state index in [9.17, 15) is 4.79 Å². The van der Waals surface area contributed by atoms with Gasteiger partial charge in [0.1, 0.15) is 0 Å². The average Bonchev–Trinajstić information content (AvgIpc) is 2.58. The molecule has 0 aromatic rings. The molecular formula is C12H20N2O. The Bertz CT molecular complexity index is 257. The molecule has 3 heteroatoms. The van der Waals surface area contributed by atoms with Crippen LogP contribution in [-0.2, 0) is 4.79 Å². The second kappa shape index (κ2) is 5.77. The Morgan fingerprint density at radius 2 is 2.40 bits per heavy atom. The number of carbonyl (C=O) groups is 1. The van der Waals surface area contributed by atoms with Gasteiger partial charge in [-0.15, -0.1) is 12.3 Å². The lowest BCUT2D eigenvalue weighted by molar-refractivity contribution is -0.131. The van der Waals surface area contributed by atoms with E-state index in [2.05, 4.69) is 18.2 Å². The molecule has 0 radical (unpaired) electrons. The van der Waals surface area contributed by atoms with Crippen molar-refractivity contribution < 1.29 is 4.79 Å². The molecule has 0 spiro atoms. The Labute approximate surface area is 92.2 Å². The third kappa shape index (κ3) is 2.73. The summed E-state index contributed by atoms with van der Waals surface area (Å²) >= 11 is 0. The SMILES string of the molecule is C#CCC(CC)N1CCC(NCC)C1=O. The molecule has 0 aromatic heterocycles. The summed E-state index contributed by atoms with van der Waals surface area (Å²) in [5.74, 6) is 2.87. The van der Waals surface area contributed by atoms with Gasteiger partial charge in [0.25, 0.3) is 0 Å². The minimum atomic E-state index is 0.0156. The second-order valence-electron chi connectivity index (χ2n) is 3.90. The summed E-state index contributed by atoms with van der Waals surface area (Å²) in [7, 11) is 0. The quantitative estimate of drug-likeness (QED) is 0.684. The molecule has 2 unspecified atom stereocenters. The van der Waals surface area contributed by atoms with E-state index in [1.54, 1.807) is 0 Å². The first-order valence-electron chi connectivity index (χ1n) is 5.71. The summed E-state index contributed by atoms with van der Waals surface area (Å²) in [5.41, 5.74) is 0. The molecule has 1 rings (SSSR count). The number of likely N-dealkylation sites (N-methyl/N-ethyl adjacent to an activating group) is 1. The molecule has 0 aliphatic carbocycles. The highest BCUT2D eigenvalue weighted by molar-refractivity contribution is 5.84. The van der Waals surface area contributed by atoms with E-state index < -0.39 is 0 Å². The molecule has 15 heavy (non-hydrogen) atoms. The first-order valence-corrected chi connectivity index (χ1v) is 5.71. The van der Waals surface area contributed by atoms with Crippen LogP contribution < -0.4 is 5.32 Å². The van der Waals surface area contributed by atoms with Crippen LogP contribution in [0.4, 0.5) is 0 Å². The Balaban J connectivity index is 2.57. The molecule has 2 atom stereocenters. The number of carbonyl (C=O) groups excluding carboxylic acids is 1. The van der Waals surface area contributed by atoms with Gasteiger partial charge in [0.2, 0.25) is 5.91 Å². The third-order valence-corrected chi connectivity index (χ3v) is 2.96. The highest BCUT2D eigenvalue weighted by atomic mass is 16.2. The van der Waals surface area contributed by atoms with Gasteiger partial charge in [-0.05, 0) is 19.4 Å². The van der Waals surface area contributed by atoms with E-state index in [1.165, 1.54) is 0 Å². The lowest BCUT2D eigenvalue weighted by atomic mass is 10.1. The zero-order valence-electron chi connectivity index (χ0n) is 9.62. The summed E-state index contributed by atoms with van der Waals surface area (Å²) in [4.78, 5) is 13.9. The topological polar surface area (TPSA) is 32.3 Å². The van der Waals surface area contributed by atoms with Gasteiger partial charge in [-0.1, -0.05) is 13.8 Å². The number of nitrogens with zero attached hydrogens (tertiary/aromatic N) is 1. The van der Waals surface area contributed by atoms with Gasteiger partial charge in [-0.25, -0.2) is 0 Å². The van der Waals surface area contributed by atoms with Gasteiger partial charge in [-0.2, -0.15) is 0 Å². The van der Waals surface area contributed by atoms with E-state index in [0.29, 0.717) is 6.42 Å². The van der Waals surface area contributed by atoms with Gasteiger partial charge >= 0.3 is 0 Å². The molecule has 1 fully saturated rings. The average molecular weight is 208 g/mol. The Morgan fingerprint density at radius 3 is 2.93 bits per heavy atom. The molecule has 0 bridgehead atoms. The monoisotopic (exact) mass is 208 g/mol. The molecule has 1 saturated heterocycles. The lowest BCUT2D eigenvalue weighted by Gasteiger charge is -2.25. The fourth-order valence-electron chi connectivity index (χ4n) is 2.11. The summed E-state index contributed by atoms with van der Waals surface area (Å²) in [6.45, 7) is 5.79. The van der Waals surface area contributed by atoms with E-state index in [4.69, 9.17) is 6.42 Å². The number of hydrogen-bond donors (Lipinski definition) is 1. The molecular weight excluding hydrogens is 188 g/mol. The third-order valence-electron chi connectivity index (χ3n) is 2.96. The van der Waals surface area contributed by atoms with Crippen LogP contribution >= 0.6 is 0 Å². The van der Waals surface area contributed by atoms with Crippen molar-refractivity contribution in [1.29, 1.82) is 0 Å². The maximum Gasteiger partial charge on any atom is 0.240 e. The predicted octanol–water partition coefficient (Wildman–Crippen LogP) is 0.999. The van der Waals surface area contributed by atoms with Crippen molar-refractivity contribution in [3.05, 3.63) is 0 Å². The van der Waals surface area contributed by atoms with Crippen LogP contribution in [0.15, 0.2) is 0 Å². The fraction of sp³-hybridized carbons (Fsp3) is 0.750. The zero-order chi connectivity index (χ0) is 11.3. The van der Waals surface area contributed by atoms with Gasteiger partial charge in [0.05, 0.1) is 6.04 Å². The van der Waals surface area contributed by atoms with Crippen LogP contribution in [0.25, 0.3) is 0 Å². The number of terminal acetylenes is 1. The summed E-state index contributed by atoms with van der Waals surface area (Å²) < 4.78 is 0. The van der Waals surface area contributed by atoms with Crippen molar-refractivity contribution in [2.75, 3.05) is 13.1 Å². The maximum atomic E-state index is 12.0. The van der Waals surface area contributed by atoms with Gasteiger partial charge < -0.3 is 10.2 Å². The minimum Gasteiger partial charge on any atom is -0.337 e. The maximum absolute atomic E-state index is 12.0. The number of rotatable bonds is 5. The Hall–Kier alpha value is -1.01. The van der Waals surface area contributed by atoms with Crippen molar-refractivity contribution in [3.63, 3.8) is 0 Å². The van der Waals surface area contributed by atoms with Crippen LogP contribution in [-0.4, -0.2) is 36.0 Å². The van der Waals surface area contributed by atoms with Crippen LogP contribution in [0.1, 0.15) is 33.1 Å². The normalized spacial score (nSPS) is 22.9. The van der Waals surface area contributed by atoms with Crippen LogP contribution in [0.5, 0.6) is 0 Å². The highest BCUT2D eigenvalue weighted by Crippen LogP contribution is 2.18. The van der Waals surface area contributed by atoms with Gasteiger partial charge in [0.15, 0.2) is 0 Å².